The Hall–Kier alpha value is -3.61. The minimum absolute atomic E-state index is 0.0572. The quantitative estimate of drug-likeness (QED) is 0.299. The van der Waals surface area contributed by atoms with E-state index in [1.54, 1.807) is 7.11 Å². The van der Waals surface area contributed by atoms with E-state index in [1.807, 2.05) is 83.8 Å². The number of H-pyrrole nitrogens is 1. The highest BCUT2D eigenvalue weighted by atomic mass is 35.5. The zero-order chi connectivity index (χ0) is 24.2. The lowest BCUT2D eigenvalue weighted by atomic mass is 9.96. The number of ether oxygens (including phenoxy) is 2. The summed E-state index contributed by atoms with van der Waals surface area (Å²) in [6.07, 6.45) is 0.741. The lowest BCUT2D eigenvalue weighted by Gasteiger charge is -2.26. The summed E-state index contributed by atoms with van der Waals surface area (Å²) in [5.74, 6) is 0.719. The van der Waals surface area contributed by atoms with Gasteiger partial charge in [0.25, 0.3) is 5.91 Å². The SMILES string of the molecule is COCCCN1C(=O)c2[nH]nc(-c3ccc(Cl)cc3)c2C1c1ccc(OCc2ccccc2)cc1. The maximum Gasteiger partial charge on any atom is 0.273 e. The van der Waals surface area contributed by atoms with Crippen LogP contribution in [0.2, 0.25) is 5.02 Å². The van der Waals surface area contributed by atoms with Gasteiger partial charge in [-0.2, -0.15) is 5.10 Å². The molecular formula is C28H26ClN3O3. The molecule has 3 aromatic carbocycles. The molecule has 5 rings (SSSR count). The predicted molar refractivity (Wildman–Crippen MR) is 136 cm³/mol. The number of hydrogen-bond acceptors (Lipinski definition) is 4. The van der Waals surface area contributed by atoms with Crippen LogP contribution in [0.5, 0.6) is 5.75 Å². The average Bonchev–Trinajstić information content (AvgIpc) is 3.43. The van der Waals surface area contributed by atoms with Gasteiger partial charge in [-0.15, -0.1) is 0 Å². The second-order valence-electron chi connectivity index (χ2n) is 8.46. The van der Waals surface area contributed by atoms with Crippen molar-refractivity contribution < 1.29 is 14.3 Å². The second-order valence-corrected chi connectivity index (χ2v) is 8.89. The zero-order valence-corrected chi connectivity index (χ0v) is 20.2. The predicted octanol–water partition coefficient (Wildman–Crippen LogP) is 5.89. The summed E-state index contributed by atoms with van der Waals surface area (Å²) in [5.41, 5.74) is 5.19. The minimum atomic E-state index is -0.262. The van der Waals surface area contributed by atoms with E-state index in [9.17, 15) is 4.79 Å². The van der Waals surface area contributed by atoms with E-state index >= 15 is 0 Å². The highest BCUT2D eigenvalue weighted by molar-refractivity contribution is 6.30. The number of benzene rings is 3. The van der Waals surface area contributed by atoms with E-state index in [0.29, 0.717) is 30.5 Å². The molecule has 178 valence electrons. The molecule has 6 nitrogen and oxygen atoms in total. The molecule has 0 aliphatic carbocycles. The first kappa shape index (κ1) is 23.1. The van der Waals surface area contributed by atoms with Crippen molar-refractivity contribution in [2.75, 3.05) is 20.3 Å². The Morgan fingerprint density at radius 2 is 1.74 bits per heavy atom. The third kappa shape index (κ3) is 4.81. The topological polar surface area (TPSA) is 67.5 Å². The summed E-state index contributed by atoms with van der Waals surface area (Å²) < 4.78 is 11.2. The molecule has 4 aromatic rings. The van der Waals surface area contributed by atoms with Crippen LogP contribution in [-0.2, 0) is 11.3 Å². The Bertz CT molecular complexity index is 1290. The van der Waals surface area contributed by atoms with Gasteiger partial charge in [-0.1, -0.05) is 66.2 Å². The summed E-state index contributed by atoms with van der Waals surface area (Å²) >= 11 is 6.10. The number of carbonyl (C=O) groups excluding carboxylic acids is 1. The Morgan fingerprint density at radius 1 is 1.00 bits per heavy atom. The lowest BCUT2D eigenvalue weighted by molar-refractivity contribution is 0.0723. The van der Waals surface area contributed by atoms with Gasteiger partial charge in [0.2, 0.25) is 0 Å². The highest BCUT2D eigenvalue weighted by Gasteiger charge is 2.41. The maximum atomic E-state index is 13.4. The number of halogens is 1. The largest absolute Gasteiger partial charge is 0.489 e. The van der Waals surface area contributed by atoms with Crippen molar-refractivity contribution in [3.8, 4) is 17.0 Å². The number of nitrogens with zero attached hydrogens (tertiary/aromatic N) is 2. The zero-order valence-electron chi connectivity index (χ0n) is 19.4. The molecule has 1 aliphatic rings. The van der Waals surface area contributed by atoms with Gasteiger partial charge < -0.3 is 14.4 Å². The molecule has 1 unspecified atom stereocenters. The molecule has 0 bridgehead atoms. The number of aromatic amines is 1. The van der Waals surface area contributed by atoms with Gasteiger partial charge in [-0.3, -0.25) is 9.89 Å². The van der Waals surface area contributed by atoms with Crippen LogP contribution < -0.4 is 4.74 Å². The Labute approximate surface area is 209 Å². The fraction of sp³-hybridized carbons (Fsp3) is 0.214. The van der Waals surface area contributed by atoms with Crippen molar-refractivity contribution >= 4 is 17.5 Å². The number of hydrogen-bond donors (Lipinski definition) is 1. The van der Waals surface area contributed by atoms with Crippen LogP contribution in [0, 0.1) is 0 Å². The van der Waals surface area contributed by atoms with Crippen LogP contribution in [0.25, 0.3) is 11.3 Å². The Kier molecular flexibility index (Phi) is 6.84. The minimum Gasteiger partial charge on any atom is -0.489 e. The van der Waals surface area contributed by atoms with E-state index in [4.69, 9.17) is 21.1 Å². The average molecular weight is 488 g/mol. The molecule has 1 aliphatic heterocycles. The molecule has 0 fully saturated rings. The van der Waals surface area contributed by atoms with Crippen LogP contribution in [0.4, 0.5) is 0 Å². The van der Waals surface area contributed by atoms with Crippen LogP contribution in [0.15, 0.2) is 78.9 Å². The first-order valence-corrected chi connectivity index (χ1v) is 11.9. The van der Waals surface area contributed by atoms with Crippen LogP contribution in [-0.4, -0.2) is 41.3 Å². The molecule has 7 heteroatoms. The Morgan fingerprint density at radius 3 is 2.46 bits per heavy atom. The number of fused-ring (bicyclic) bond motifs is 1. The normalized spacial score (nSPS) is 14.9. The lowest BCUT2D eigenvalue weighted by Crippen LogP contribution is -2.31. The molecule has 0 spiro atoms. The van der Waals surface area contributed by atoms with E-state index in [2.05, 4.69) is 10.2 Å². The van der Waals surface area contributed by atoms with Gasteiger partial charge in [0, 0.05) is 36.4 Å². The monoisotopic (exact) mass is 487 g/mol. The molecule has 0 radical (unpaired) electrons. The summed E-state index contributed by atoms with van der Waals surface area (Å²) in [6.45, 7) is 1.66. The number of methoxy groups -OCH3 is 1. The molecule has 1 aromatic heterocycles. The second kappa shape index (κ2) is 10.3. The molecule has 0 saturated carbocycles. The van der Waals surface area contributed by atoms with Crippen LogP contribution >= 0.6 is 11.6 Å². The van der Waals surface area contributed by atoms with Crippen molar-refractivity contribution in [2.24, 2.45) is 0 Å². The number of nitrogens with one attached hydrogen (secondary N) is 1. The third-order valence-electron chi connectivity index (χ3n) is 6.17. The van der Waals surface area contributed by atoms with E-state index in [1.165, 1.54) is 0 Å². The molecule has 1 atom stereocenters. The summed E-state index contributed by atoms with van der Waals surface area (Å²) in [7, 11) is 1.67. The summed E-state index contributed by atoms with van der Waals surface area (Å²) in [4.78, 5) is 15.3. The molecular weight excluding hydrogens is 462 g/mol. The summed E-state index contributed by atoms with van der Waals surface area (Å²) in [6, 6.07) is 25.3. The van der Waals surface area contributed by atoms with Gasteiger partial charge >= 0.3 is 0 Å². The van der Waals surface area contributed by atoms with Gasteiger partial charge in [0.15, 0.2) is 0 Å². The number of aromatic nitrogens is 2. The van der Waals surface area contributed by atoms with Crippen molar-refractivity contribution in [3.63, 3.8) is 0 Å². The highest BCUT2D eigenvalue weighted by Crippen LogP contribution is 2.43. The third-order valence-corrected chi connectivity index (χ3v) is 6.43. The standard InChI is InChI=1S/C28H26ClN3O3/c1-34-17-5-16-32-27(21-10-14-23(15-11-21)35-18-19-6-3-2-4-7-19)24-25(30-31-26(24)28(32)33)20-8-12-22(29)13-9-20/h2-4,6-15,27H,5,16-18H2,1H3,(H,30,31). The van der Waals surface area contributed by atoms with Crippen molar-refractivity contribution in [1.29, 1.82) is 0 Å². The van der Waals surface area contributed by atoms with Crippen LogP contribution in [0.1, 0.15) is 39.6 Å². The molecule has 35 heavy (non-hydrogen) atoms. The molecule has 0 saturated heterocycles. The Balaban J connectivity index is 1.46. The molecule has 1 amide bonds. The first-order valence-electron chi connectivity index (χ1n) is 11.6. The van der Waals surface area contributed by atoms with E-state index < -0.39 is 0 Å². The summed E-state index contributed by atoms with van der Waals surface area (Å²) in [5, 5.41) is 8.15. The maximum absolute atomic E-state index is 13.4. The van der Waals surface area contributed by atoms with Gasteiger partial charge in [0.1, 0.15) is 18.1 Å². The molecule has 1 N–H and O–H groups in total. The molecule has 2 heterocycles. The first-order chi connectivity index (χ1) is 17.2. The van der Waals surface area contributed by atoms with Gasteiger partial charge in [-0.25, -0.2) is 0 Å². The van der Waals surface area contributed by atoms with Crippen LogP contribution in [0.3, 0.4) is 0 Å². The fourth-order valence-electron chi connectivity index (χ4n) is 4.47. The fourth-order valence-corrected chi connectivity index (χ4v) is 4.59. The van der Waals surface area contributed by atoms with Gasteiger partial charge in [0.05, 0.1) is 11.7 Å². The van der Waals surface area contributed by atoms with E-state index in [0.717, 1.165) is 40.1 Å². The van der Waals surface area contributed by atoms with Crippen molar-refractivity contribution in [1.82, 2.24) is 15.1 Å². The number of rotatable bonds is 9. The number of carbonyl (C=O) groups is 1. The van der Waals surface area contributed by atoms with Crippen molar-refractivity contribution in [3.05, 3.63) is 106 Å². The van der Waals surface area contributed by atoms with Gasteiger partial charge in [-0.05, 0) is 41.8 Å². The smallest absolute Gasteiger partial charge is 0.273 e. The number of amides is 1. The van der Waals surface area contributed by atoms with Crippen molar-refractivity contribution in [2.45, 2.75) is 19.1 Å². The van der Waals surface area contributed by atoms with E-state index in [-0.39, 0.29) is 11.9 Å².